The van der Waals surface area contributed by atoms with Crippen LogP contribution in [0.15, 0.2) is 6.33 Å². The highest BCUT2D eigenvalue weighted by Gasteiger charge is 2.43. The van der Waals surface area contributed by atoms with E-state index in [2.05, 4.69) is 26.6 Å². The normalized spacial score (nSPS) is 25.4. The smallest absolute Gasteiger partial charge is 0.211 e. The predicted molar refractivity (Wildman–Crippen MR) is 92.8 cm³/mol. The molecule has 0 aromatic carbocycles. The molecule has 24 heavy (non-hydrogen) atoms. The summed E-state index contributed by atoms with van der Waals surface area (Å²) in [4.78, 5) is 6.67. The maximum Gasteiger partial charge on any atom is 0.211 e. The zero-order chi connectivity index (χ0) is 17.2. The summed E-state index contributed by atoms with van der Waals surface area (Å²) in [5.74, 6) is 2.31. The fraction of sp³-hybridized carbons (Fsp3) is 0.875. The van der Waals surface area contributed by atoms with Crippen molar-refractivity contribution in [1.82, 2.24) is 24.4 Å². The van der Waals surface area contributed by atoms with E-state index in [-0.39, 0.29) is 11.8 Å². The maximum atomic E-state index is 12.3. The van der Waals surface area contributed by atoms with Crippen LogP contribution in [0, 0.1) is 11.8 Å². The number of nitrogens with zero attached hydrogens (tertiary/aromatic N) is 4. The Bertz CT molecular complexity index is 641. The number of nitrogens with one attached hydrogen (secondary N) is 1. The van der Waals surface area contributed by atoms with Crippen molar-refractivity contribution < 1.29 is 8.42 Å². The Morgan fingerprint density at radius 3 is 2.75 bits per heavy atom. The van der Waals surface area contributed by atoms with E-state index >= 15 is 0 Å². The number of sulfonamides is 1. The van der Waals surface area contributed by atoms with Gasteiger partial charge >= 0.3 is 0 Å². The minimum atomic E-state index is -3.17. The molecule has 1 N–H and O–H groups in total. The van der Waals surface area contributed by atoms with Crippen molar-refractivity contribution in [2.75, 3.05) is 18.8 Å². The predicted octanol–water partition coefficient (Wildman–Crippen LogP) is 1.23. The first-order valence-electron chi connectivity index (χ1n) is 9.11. The SMILES string of the molecule is CCCCS(=O)(=O)N[C@H]1CN(Cc2ncnn2CC)C[C@@H]1C1CC1. The number of aromatic nitrogens is 3. The van der Waals surface area contributed by atoms with E-state index in [1.54, 1.807) is 6.33 Å². The van der Waals surface area contributed by atoms with Gasteiger partial charge in [0.05, 0.1) is 12.3 Å². The molecule has 7 nitrogen and oxygen atoms in total. The summed E-state index contributed by atoms with van der Waals surface area (Å²) in [6.07, 6.45) is 5.68. The highest BCUT2D eigenvalue weighted by molar-refractivity contribution is 7.89. The molecular formula is C16H29N5O2S. The second kappa shape index (κ2) is 7.49. The number of hydrogen-bond acceptors (Lipinski definition) is 5. The molecule has 0 spiro atoms. The number of likely N-dealkylation sites (tertiary alicyclic amines) is 1. The number of aryl methyl sites for hydroxylation is 1. The second-order valence-electron chi connectivity index (χ2n) is 7.08. The van der Waals surface area contributed by atoms with Gasteiger partial charge in [0.25, 0.3) is 0 Å². The molecule has 1 aliphatic heterocycles. The molecule has 2 atom stereocenters. The van der Waals surface area contributed by atoms with Gasteiger partial charge in [-0.3, -0.25) is 4.90 Å². The lowest BCUT2D eigenvalue weighted by Gasteiger charge is -2.19. The Balaban J connectivity index is 1.64. The summed E-state index contributed by atoms with van der Waals surface area (Å²) in [7, 11) is -3.17. The highest BCUT2D eigenvalue weighted by atomic mass is 32.2. The third-order valence-electron chi connectivity index (χ3n) is 5.13. The van der Waals surface area contributed by atoms with Gasteiger partial charge in [-0.15, -0.1) is 0 Å². The van der Waals surface area contributed by atoms with E-state index in [0.717, 1.165) is 44.8 Å². The number of rotatable bonds is 9. The number of unbranched alkanes of at least 4 members (excludes halogenated alkanes) is 1. The van der Waals surface area contributed by atoms with E-state index in [1.807, 2.05) is 11.6 Å². The van der Waals surface area contributed by atoms with Crippen molar-refractivity contribution >= 4 is 10.0 Å². The van der Waals surface area contributed by atoms with E-state index in [0.29, 0.717) is 11.8 Å². The molecular weight excluding hydrogens is 326 g/mol. The van der Waals surface area contributed by atoms with Crippen LogP contribution < -0.4 is 4.72 Å². The molecule has 2 aliphatic rings. The average Bonchev–Trinajstić information content (AvgIpc) is 3.17. The second-order valence-corrected chi connectivity index (χ2v) is 8.96. The Labute approximate surface area is 144 Å². The first-order valence-corrected chi connectivity index (χ1v) is 10.8. The third kappa shape index (κ3) is 4.34. The Hall–Kier alpha value is -0.990. The standard InChI is InChI=1S/C16H29N5O2S/c1-3-5-8-24(22,23)19-15-10-20(9-14(15)13-6-7-13)11-16-17-12-18-21(16)4-2/h12-15,19H,3-11H2,1-2H3/t14-,15+/m1/s1. The topological polar surface area (TPSA) is 80.1 Å². The molecule has 2 fully saturated rings. The zero-order valence-electron chi connectivity index (χ0n) is 14.7. The van der Waals surface area contributed by atoms with Crippen molar-refractivity contribution in [2.24, 2.45) is 11.8 Å². The Morgan fingerprint density at radius 2 is 2.08 bits per heavy atom. The zero-order valence-corrected chi connectivity index (χ0v) is 15.5. The van der Waals surface area contributed by atoms with Crippen LogP contribution in [0.3, 0.4) is 0 Å². The average molecular weight is 356 g/mol. The quantitative estimate of drug-likeness (QED) is 0.721. The molecule has 1 saturated carbocycles. The summed E-state index contributed by atoms with van der Waals surface area (Å²) < 4.78 is 29.5. The molecule has 8 heteroatoms. The lowest BCUT2D eigenvalue weighted by Crippen LogP contribution is -2.42. The van der Waals surface area contributed by atoms with Crippen molar-refractivity contribution in [3.05, 3.63) is 12.2 Å². The molecule has 0 unspecified atom stereocenters. The van der Waals surface area contributed by atoms with E-state index < -0.39 is 10.0 Å². The summed E-state index contributed by atoms with van der Waals surface area (Å²) in [6.45, 7) is 7.33. The van der Waals surface area contributed by atoms with Crippen LogP contribution in [-0.4, -0.2) is 53.0 Å². The van der Waals surface area contributed by atoms with Gasteiger partial charge in [0.15, 0.2) is 0 Å². The number of hydrogen-bond donors (Lipinski definition) is 1. The third-order valence-corrected chi connectivity index (χ3v) is 6.61. The Morgan fingerprint density at radius 1 is 1.29 bits per heavy atom. The van der Waals surface area contributed by atoms with Crippen LogP contribution in [0.5, 0.6) is 0 Å². The lowest BCUT2D eigenvalue weighted by molar-refractivity contribution is 0.295. The summed E-state index contributed by atoms with van der Waals surface area (Å²) >= 11 is 0. The van der Waals surface area contributed by atoms with Crippen LogP contribution >= 0.6 is 0 Å². The van der Waals surface area contributed by atoms with Crippen LogP contribution in [0.4, 0.5) is 0 Å². The van der Waals surface area contributed by atoms with Gasteiger partial charge in [0.2, 0.25) is 10.0 Å². The van der Waals surface area contributed by atoms with Gasteiger partial charge in [-0.1, -0.05) is 13.3 Å². The van der Waals surface area contributed by atoms with E-state index in [1.165, 1.54) is 12.8 Å². The molecule has 2 heterocycles. The van der Waals surface area contributed by atoms with E-state index in [4.69, 9.17) is 0 Å². The van der Waals surface area contributed by atoms with Crippen molar-refractivity contribution in [3.8, 4) is 0 Å². The van der Waals surface area contributed by atoms with Gasteiger partial charge < -0.3 is 0 Å². The summed E-state index contributed by atoms with van der Waals surface area (Å²) in [5, 5.41) is 4.22. The first-order chi connectivity index (χ1) is 11.5. The Kier molecular flexibility index (Phi) is 5.56. The van der Waals surface area contributed by atoms with Crippen LogP contribution in [0.1, 0.15) is 45.4 Å². The van der Waals surface area contributed by atoms with E-state index in [9.17, 15) is 8.42 Å². The maximum absolute atomic E-state index is 12.3. The van der Waals surface area contributed by atoms with Gasteiger partial charge in [-0.05, 0) is 38.0 Å². The molecule has 0 radical (unpaired) electrons. The fourth-order valence-corrected chi connectivity index (χ4v) is 5.17. The molecule has 1 aromatic rings. The first kappa shape index (κ1) is 17.8. The van der Waals surface area contributed by atoms with Gasteiger partial charge in [0, 0.05) is 25.7 Å². The fourth-order valence-electron chi connectivity index (χ4n) is 3.67. The van der Waals surface area contributed by atoms with Crippen LogP contribution in [0.2, 0.25) is 0 Å². The molecule has 0 bridgehead atoms. The van der Waals surface area contributed by atoms with Gasteiger partial charge in [0.1, 0.15) is 12.2 Å². The minimum Gasteiger partial charge on any atom is -0.294 e. The summed E-state index contributed by atoms with van der Waals surface area (Å²) in [6, 6.07) is 0.0392. The van der Waals surface area contributed by atoms with Crippen LogP contribution in [-0.2, 0) is 23.1 Å². The van der Waals surface area contributed by atoms with Gasteiger partial charge in [-0.25, -0.2) is 22.8 Å². The molecule has 0 amide bonds. The molecule has 1 aliphatic carbocycles. The van der Waals surface area contributed by atoms with Crippen molar-refractivity contribution in [2.45, 2.75) is 58.7 Å². The molecule has 136 valence electrons. The molecule has 1 aromatic heterocycles. The molecule has 1 saturated heterocycles. The minimum absolute atomic E-state index is 0.0392. The van der Waals surface area contributed by atoms with Gasteiger partial charge in [-0.2, -0.15) is 5.10 Å². The largest absolute Gasteiger partial charge is 0.294 e. The highest BCUT2D eigenvalue weighted by Crippen LogP contribution is 2.41. The van der Waals surface area contributed by atoms with Crippen molar-refractivity contribution in [3.63, 3.8) is 0 Å². The van der Waals surface area contributed by atoms with Crippen LogP contribution in [0.25, 0.3) is 0 Å². The molecule has 3 rings (SSSR count). The van der Waals surface area contributed by atoms with Crippen molar-refractivity contribution in [1.29, 1.82) is 0 Å². The summed E-state index contributed by atoms with van der Waals surface area (Å²) in [5.41, 5.74) is 0. The lowest BCUT2D eigenvalue weighted by atomic mass is 9.99. The monoisotopic (exact) mass is 355 g/mol.